The van der Waals surface area contributed by atoms with Gasteiger partial charge < -0.3 is 19.7 Å². The Morgan fingerprint density at radius 3 is 2.45 bits per heavy atom. The average molecular weight is 460 g/mol. The number of nitrogens with zero attached hydrogens (tertiary/aromatic N) is 2. The predicted molar refractivity (Wildman–Crippen MR) is 125 cm³/mol. The second kappa shape index (κ2) is 9.71. The Balaban J connectivity index is 1.86. The fourth-order valence-electron chi connectivity index (χ4n) is 4.51. The molecule has 2 aliphatic heterocycles. The van der Waals surface area contributed by atoms with E-state index in [-0.39, 0.29) is 35.8 Å². The van der Waals surface area contributed by atoms with Gasteiger partial charge in [-0.3, -0.25) is 19.3 Å². The lowest BCUT2D eigenvalue weighted by Crippen LogP contribution is -2.60. The molecule has 1 spiro atoms. The van der Waals surface area contributed by atoms with Gasteiger partial charge in [0.1, 0.15) is 17.5 Å². The standard InChI is InChI=1S/C25H37N3O5/c1-17(2)26-22(30)20-16-33-25(10-12-27(13-11-25)21(29)15-24(3,4)5)28(20)23(31)18-8-7-9-19(14-18)32-6/h7-9,14,17,20H,10-13,15-16H2,1-6H3,(H,26,30)/t20-/m1/s1. The lowest BCUT2D eigenvalue weighted by Gasteiger charge is -2.45. The summed E-state index contributed by atoms with van der Waals surface area (Å²) in [7, 11) is 1.55. The molecule has 1 aromatic carbocycles. The summed E-state index contributed by atoms with van der Waals surface area (Å²) in [5, 5.41) is 2.92. The molecule has 0 saturated carbocycles. The first-order valence-electron chi connectivity index (χ1n) is 11.7. The van der Waals surface area contributed by atoms with E-state index in [1.54, 1.807) is 36.3 Å². The van der Waals surface area contributed by atoms with Crippen molar-refractivity contribution in [3.63, 3.8) is 0 Å². The lowest BCUT2D eigenvalue weighted by atomic mass is 9.90. The van der Waals surface area contributed by atoms with Crippen molar-refractivity contribution in [3.05, 3.63) is 29.8 Å². The first kappa shape index (κ1) is 25.0. The molecule has 2 saturated heterocycles. The summed E-state index contributed by atoms with van der Waals surface area (Å²) in [4.78, 5) is 42.9. The van der Waals surface area contributed by atoms with Crippen molar-refractivity contribution in [2.75, 3.05) is 26.8 Å². The highest BCUT2D eigenvalue weighted by atomic mass is 16.5. The van der Waals surface area contributed by atoms with Crippen molar-refractivity contribution in [2.45, 2.75) is 71.7 Å². The van der Waals surface area contributed by atoms with Gasteiger partial charge in [-0.25, -0.2) is 0 Å². The molecule has 0 radical (unpaired) electrons. The third-order valence-electron chi connectivity index (χ3n) is 6.11. The van der Waals surface area contributed by atoms with Crippen LogP contribution < -0.4 is 10.1 Å². The zero-order valence-corrected chi connectivity index (χ0v) is 20.6. The van der Waals surface area contributed by atoms with Crippen molar-refractivity contribution in [1.29, 1.82) is 0 Å². The van der Waals surface area contributed by atoms with Gasteiger partial charge in [-0.2, -0.15) is 0 Å². The van der Waals surface area contributed by atoms with Gasteiger partial charge in [0, 0.05) is 44.0 Å². The molecular weight excluding hydrogens is 422 g/mol. The number of likely N-dealkylation sites (tertiary alicyclic amines) is 1. The van der Waals surface area contributed by atoms with Crippen LogP contribution in [-0.4, -0.2) is 72.1 Å². The molecule has 1 aromatic rings. The minimum atomic E-state index is -0.919. The fraction of sp³-hybridized carbons (Fsp3) is 0.640. The van der Waals surface area contributed by atoms with Crippen LogP contribution in [-0.2, 0) is 14.3 Å². The van der Waals surface area contributed by atoms with E-state index in [1.807, 2.05) is 39.5 Å². The van der Waals surface area contributed by atoms with Crippen LogP contribution in [0.1, 0.15) is 64.2 Å². The fourth-order valence-corrected chi connectivity index (χ4v) is 4.51. The molecule has 0 aliphatic carbocycles. The van der Waals surface area contributed by atoms with E-state index >= 15 is 0 Å². The summed E-state index contributed by atoms with van der Waals surface area (Å²) in [6, 6.07) is 6.13. The molecule has 1 atom stereocenters. The molecule has 182 valence electrons. The van der Waals surface area contributed by atoms with E-state index in [0.717, 1.165) is 0 Å². The number of hydrogen-bond acceptors (Lipinski definition) is 5. The Morgan fingerprint density at radius 1 is 1.21 bits per heavy atom. The summed E-state index contributed by atoms with van der Waals surface area (Å²) in [5.41, 5.74) is -0.574. The van der Waals surface area contributed by atoms with Crippen molar-refractivity contribution in [1.82, 2.24) is 15.1 Å². The van der Waals surface area contributed by atoms with E-state index < -0.39 is 11.8 Å². The lowest BCUT2D eigenvalue weighted by molar-refractivity contribution is -0.145. The van der Waals surface area contributed by atoms with Gasteiger partial charge in [0.25, 0.3) is 5.91 Å². The van der Waals surface area contributed by atoms with Crippen LogP contribution in [0.3, 0.4) is 0 Å². The average Bonchev–Trinajstić information content (AvgIpc) is 3.10. The van der Waals surface area contributed by atoms with Gasteiger partial charge in [0.05, 0.1) is 13.7 Å². The number of carbonyl (C=O) groups excluding carboxylic acids is 3. The first-order chi connectivity index (χ1) is 15.5. The number of benzene rings is 1. The molecule has 2 heterocycles. The second-order valence-corrected chi connectivity index (χ2v) is 10.5. The predicted octanol–water partition coefficient (Wildman–Crippen LogP) is 2.82. The molecule has 1 N–H and O–H groups in total. The number of carbonyl (C=O) groups is 3. The number of rotatable bonds is 5. The van der Waals surface area contributed by atoms with Crippen LogP contribution in [0.5, 0.6) is 5.75 Å². The first-order valence-corrected chi connectivity index (χ1v) is 11.7. The van der Waals surface area contributed by atoms with Crippen LogP contribution in [0.25, 0.3) is 0 Å². The summed E-state index contributed by atoms with van der Waals surface area (Å²) >= 11 is 0. The highest BCUT2D eigenvalue weighted by Gasteiger charge is 2.54. The van der Waals surface area contributed by atoms with Gasteiger partial charge in [-0.05, 0) is 37.5 Å². The number of amides is 3. The zero-order valence-electron chi connectivity index (χ0n) is 20.6. The molecule has 2 aliphatic rings. The topological polar surface area (TPSA) is 88.2 Å². The van der Waals surface area contributed by atoms with Crippen LogP contribution >= 0.6 is 0 Å². The number of piperidine rings is 1. The number of ether oxygens (including phenoxy) is 2. The monoisotopic (exact) mass is 459 g/mol. The van der Waals surface area contributed by atoms with E-state index in [4.69, 9.17) is 9.47 Å². The quantitative estimate of drug-likeness (QED) is 0.732. The summed E-state index contributed by atoms with van der Waals surface area (Å²) in [5.74, 6) is 0.171. The smallest absolute Gasteiger partial charge is 0.257 e. The molecule has 8 nitrogen and oxygen atoms in total. The summed E-state index contributed by atoms with van der Waals surface area (Å²) in [6.45, 7) is 11.0. The van der Waals surface area contributed by atoms with Crippen LogP contribution in [0.2, 0.25) is 0 Å². The van der Waals surface area contributed by atoms with Crippen molar-refractivity contribution >= 4 is 17.7 Å². The van der Waals surface area contributed by atoms with Crippen LogP contribution in [0, 0.1) is 5.41 Å². The highest BCUT2D eigenvalue weighted by molar-refractivity contribution is 5.98. The van der Waals surface area contributed by atoms with Gasteiger partial charge in [0.15, 0.2) is 0 Å². The minimum absolute atomic E-state index is 0.0558. The van der Waals surface area contributed by atoms with Crippen LogP contribution in [0.4, 0.5) is 0 Å². The maximum atomic E-state index is 13.7. The second-order valence-electron chi connectivity index (χ2n) is 10.5. The Labute approximate surface area is 196 Å². The van der Waals surface area contributed by atoms with Gasteiger partial charge >= 0.3 is 0 Å². The molecule has 3 rings (SSSR count). The van der Waals surface area contributed by atoms with E-state index in [9.17, 15) is 14.4 Å². The van der Waals surface area contributed by atoms with Crippen molar-refractivity contribution < 1.29 is 23.9 Å². The molecule has 3 amide bonds. The zero-order chi connectivity index (χ0) is 24.4. The number of hydrogen-bond donors (Lipinski definition) is 1. The molecule has 0 unspecified atom stereocenters. The Morgan fingerprint density at radius 2 is 1.88 bits per heavy atom. The number of nitrogens with one attached hydrogen (secondary N) is 1. The third-order valence-corrected chi connectivity index (χ3v) is 6.11. The minimum Gasteiger partial charge on any atom is -0.497 e. The highest BCUT2D eigenvalue weighted by Crippen LogP contribution is 2.39. The summed E-state index contributed by atoms with van der Waals surface area (Å²) < 4.78 is 11.5. The SMILES string of the molecule is COc1cccc(C(=O)N2[C@@H](C(=O)NC(C)C)COC23CCN(C(=O)CC(C)(C)C)CC3)c1. The summed E-state index contributed by atoms with van der Waals surface area (Å²) in [6.07, 6.45) is 1.39. The molecule has 8 heteroatoms. The third kappa shape index (κ3) is 5.66. The molecule has 2 fully saturated rings. The van der Waals surface area contributed by atoms with E-state index in [0.29, 0.717) is 43.7 Å². The molecule has 0 bridgehead atoms. The molecule has 33 heavy (non-hydrogen) atoms. The molecular formula is C25H37N3O5. The maximum Gasteiger partial charge on any atom is 0.257 e. The largest absolute Gasteiger partial charge is 0.497 e. The Hall–Kier alpha value is -2.61. The van der Waals surface area contributed by atoms with Crippen LogP contribution in [0.15, 0.2) is 24.3 Å². The number of methoxy groups -OCH3 is 1. The van der Waals surface area contributed by atoms with Gasteiger partial charge in [0.2, 0.25) is 11.8 Å². The Kier molecular flexibility index (Phi) is 7.36. The molecule has 0 aromatic heterocycles. The van der Waals surface area contributed by atoms with E-state index in [2.05, 4.69) is 5.32 Å². The van der Waals surface area contributed by atoms with Crippen molar-refractivity contribution in [3.8, 4) is 5.75 Å². The normalized spacial score (nSPS) is 20.3. The van der Waals surface area contributed by atoms with E-state index in [1.165, 1.54) is 0 Å². The van der Waals surface area contributed by atoms with Gasteiger partial charge in [-0.15, -0.1) is 0 Å². The maximum absolute atomic E-state index is 13.7. The van der Waals surface area contributed by atoms with Crippen molar-refractivity contribution in [2.24, 2.45) is 5.41 Å². The Bertz CT molecular complexity index is 884. The van der Waals surface area contributed by atoms with Gasteiger partial charge in [-0.1, -0.05) is 26.8 Å².